The van der Waals surface area contributed by atoms with Crippen molar-refractivity contribution in [1.29, 1.82) is 0 Å². The Morgan fingerprint density at radius 3 is 2.45 bits per heavy atom. The molecule has 4 nitrogen and oxygen atoms in total. The molecule has 2 atom stereocenters. The lowest BCUT2D eigenvalue weighted by molar-refractivity contribution is -0.200. The minimum absolute atomic E-state index is 0.0658. The second-order valence-corrected chi connectivity index (χ2v) is 5.70. The van der Waals surface area contributed by atoms with Gasteiger partial charge in [0.05, 0.1) is 0 Å². The van der Waals surface area contributed by atoms with Crippen molar-refractivity contribution in [2.45, 2.75) is 57.3 Å². The zero-order valence-electron chi connectivity index (χ0n) is 11.6. The SMILES string of the molecule is CCC(C)C1NC(=O)CCN(C2(C(F)(F)F)CC2)C1=O. The predicted molar refractivity (Wildman–Crippen MR) is 65.7 cm³/mol. The standard InChI is InChI=1S/C13H19F3N2O2/c1-3-8(2)10-11(20)18(7-4-9(19)17-10)12(5-6-12)13(14,15)16/h8,10H,3-7H2,1-2H3,(H,17,19). The third kappa shape index (κ3) is 2.38. The number of nitrogens with one attached hydrogen (secondary N) is 1. The molecule has 7 heteroatoms. The zero-order valence-corrected chi connectivity index (χ0v) is 11.6. The molecule has 0 aromatic rings. The van der Waals surface area contributed by atoms with E-state index in [4.69, 9.17) is 0 Å². The van der Waals surface area contributed by atoms with Crippen molar-refractivity contribution in [3.63, 3.8) is 0 Å². The summed E-state index contributed by atoms with van der Waals surface area (Å²) < 4.78 is 39.6. The van der Waals surface area contributed by atoms with Crippen LogP contribution in [0.3, 0.4) is 0 Å². The summed E-state index contributed by atoms with van der Waals surface area (Å²) in [4.78, 5) is 25.0. The highest BCUT2D eigenvalue weighted by atomic mass is 19.4. The van der Waals surface area contributed by atoms with Gasteiger partial charge in [0.1, 0.15) is 11.6 Å². The number of hydrogen-bond donors (Lipinski definition) is 1. The molecule has 1 heterocycles. The van der Waals surface area contributed by atoms with Gasteiger partial charge in [0.25, 0.3) is 0 Å². The first-order valence-corrected chi connectivity index (χ1v) is 6.90. The second-order valence-electron chi connectivity index (χ2n) is 5.70. The lowest BCUT2D eigenvalue weighted by Gasteiger charge is -2.35. The number of rotatable bonds is 3. The fourth-order valence-corrected chi connectivity index (χ4v) is 2.67. The lowest BCUT2D eigenvalue weighted by Crippen LogP contribution is -2.56. The minimum Gasteiger partial charge on any atom is -0.344 e. The first kappa shape index (κ1) is 15.1. The van der Waals surface area contributed by atoms with Crippen LogP contribution in [-0.2, 0) is 9.59 Å². The lowest BCUT2D eigenvalue weighted by atomic mass is 9.97. The average molecular weight is 292 g/mol. The highest BCUT2D eigenvalue weighted by molar-refractivity contribution is 5.91. The molecule has 1 aliphatic heterocycles. The normalized spacial score (nSPS) is 27.9. The average Bonchev–Trinajstić information content (AvgIpc) is 3.15. The van der Waals surface area contributed by atoms with Gasteiger partial charge in [0, 0.05) is 13.0 Å². The van der Waals surface area contributed by atoms with Gasteiger partial charge >= 0.3 is 6.18 Å². The van der Waals surface area contributed by atoms with E-state index in [0.29, 0.717) is 6.42 Å². The summed E-state index contributed by atoms with van der Waals surface area (Å²) in [6, 6.07) is -0.852. The van der Waals surface area contributed by atoms with Crippen LogP contribution < -0.4 is 5.32 Å². The van der Waals surface area contributed by atoms with Crippen molar-refractivity contribution in [3.8, 4) is 0 Å². The number of carbonyl (C=O) groups excluding carboxylic acids is 2. The number of amides is 2. The molecule has 0 bridgehead atoms. The van der Waals surface area contributed by atoms with Gasteiger partial charge in [-0.15, -0.1) is 0 Å². The van der Waals surface area contributed by atoms with E-state index < -0.39 is 23.7 Å². The molecule has 1 saturated carbocycles. The van der Waals surface area contributed by atoms with E-state index in [9.17, 15) is 22.8 Å². The van der Waals surface area contributed by atoms with Gasteiger partial charge in [-0.2, -0.15) is 13.2 Å². The van der Waals surface area contributed by atoms with E-state index in [1.165, 1.54) is 0 Å². The molecular formula is C13H19F3N2O2. The molecule has 20 heavy (non-hydrogen) atoms. The number of hydrogen-bond acceptors (Lipinski definition) is 2. The van der Waals surface area contributed by atoms with E-state index in [1.54, 1.807) is 6.92 Å². The molecule has 0 aromatic carbocycles. The summed E-state index contributed by atoms with van der Waals surface area (Å²) in [6.07, 6.45) is -4.02. The van der Waals surface area contributed by atoms with Gasteiger partial charge in [-0.3, -0.25) is 9.59 Å². The Morgan fingerprint density at radius 2 is 2.00 bits per heavy atom. The van der Waals surface area contributed by atoms with Crippen LogP contribution in [0.2, 0.25) is 0 Å². The Kier molecular flexibility index (Phi) is 3.73. The van der Waals surface area contributed by atoms with Crippen molar-refractivity contribution in [2.24, 2.45) is 5.92 Å². The third-order valence-corrected chi connectivity index (χ3v) is 4.39. The molecule has 0 radical (unpaired) electrons. The second kappa shape index (κ2) is 4.93. The van der Waals surface area contributed by atoms with Crippen molar-refractivity contribution >= 4 is 11.8 Å². The van der Waals surface area contributed by atoms with Crippen molar-refractivity contribution in [1.82, 2.24) is 10.2 Å². The van der Waals surface area contributed by atoms with Gasteiger partial charge in [-0.25, -0.2) is 0 Å². The van der Waals surface area contributed by atoms with Crippen LogP contribution in [-0.4, -0.2) is 41.0 Å². The Morgan fingerprint density at radius 1 is 1.40 bits per heavy atom. The first-order chi connectivity index (χ1) is 9.23. The zero-order chi connectivity index (χ0) is 15.1. The van der Waals surface area contributed by atoms with E-state index >= 15 is 0 Å². The monoisotopic (exact) mass is 292 g/mol. The van der Waals surface area contributed by atoms with Crippen LogP contribution in [0.25, 0.3) is 0 Å². The summed E-state index contributed by atoms with van der Waals surface area (Å²) in [6.45, 7) is 3.45. The number of halogens is 3. The number of alkyl halides is 3. The predicted octanol–water partition coefficient (Wildman–Crippen LogP) is 1.84. The maximum absolute atomic E-state index is 13.2. The molecular weight excluding hydrogens is 273 g/mol. The van der Waals surface area contributed by atoms with Gasteiger partial charge in [-0.1, -0.05) is 20.3 Å². The van der Waals surface area contributed by atoms with E-state index in [2.05, 4.69) is 5.32 Å². The maximum atomic E-state index is 13.2. The Balaban J connectivity index is 2.29. The molecule has 1 N–H and O–H groups in total. The van der Waals surface area contributed by atoms with Crippen molar-refractivity contribution in [2.75, 3.05) is 6.54 Å². The summed E-state index contributed by atoms with van der Waals surface area (Å²) in [5, 5.41) is 2.56. The van der Waals surface area contributed by atoms with Crippen LogP contribution in [0.4, 0.5) is 13.2 Å². The number of nitrogens with zero attached hydrogens (tertiary/aromatic N) is 1. The first-order valence-electron chi connectivity index (χ1n) is 6.90. The quantitative estimate of drug-likeness (QED) is 0.863. The van der Waals surface area contributed by atoms with Crippen LogP contribution >= 0.6 is 0 Å². The molecule has 2 fully saturated rings. The smallest absolute Gasteiger partial charge is 0.344 e. The fourth-order valence-electron chi connectivity index (χ4n) is 2.67. The Labute approximate surface area is 115 Å². The number of carbonyl (C=O) groups is 2. The molecule has 2 rings (SSSR count). The molecule has 1 saturated heterocycles. The Hall–Kier alpha value is -1.27. The molecule has 0 spiro atoms. The Bertz CT molecular complexity index is 418. The topological polar surface area (TPSA) is 49.4 Å². The summed E-state index contributed by atoms with van der Waals surface area (Å²) >= 11 is 0. The van der Waals surface area contributed by atoms with Gasteiger partial charge in [0.2, 0.25) is 11.8 Å². The molecule has 1 aliphatic carbocycles. The van der Waals surface area contributed by atoms with Crippen LogP contribution in [0.1, 0.15) is 39.5 Å². The summed E-state index contributed by atoms with van der Waals surface area (Å²) in [7, 11) is 0. The van der Waals surface area contributed by atoms with Crippen LogP contribution in [0, 0.1) is 5.92 Å². The maximum Gasteiger partial charge on any atom is 0.411 e. The van der Waals surface area contributed by atoms with Crippen molar-refractivity contribution in [3.05, 3.63) is 0 Å². The fraction of sp³-hybridized carbons (Fsp3) is 0.846. The van der Waals surface area contributed by atoms with E-state index in [1.807, 2.05) is 6.92 Å². The van der Waals surface area contributed by atoms with Crippen LogP contribution in [0.15, 0.2) is 0 Å². The van der Waals surface area contributed by atoms with Crippen molar-refractivity contribution < 1.29 is 22.8 Å². The van der Waals surface area contributed by atoms with Crippen LogP contribution in [0.5, 0.6) is 0 Å². The minimum atomic E-state index is -4.43. The van der Waals surface area contributed by atoms with Gasteiger partial charge in [0.15, 0.2) is 0 Å². The molecule has 2 aliphatic rings. The van der Waals surface area contributed by atoms with E-state index in [0.717, 1.165) is 4.90 Å². The highest BCUT2D eigenvalue weighted by Gasteiger charge is 2.68. The molecule has 2 amide bonds. The van der Waals surface area contributed by atoms with E-state index in [-0.39, 0.29) is 37.6 Å². The summed E-state index contributed by atoms with van der Waals surface area (Å²) in [5.41, 5.74) is -2.04. The van der Waals surface area contributed by atoms with Gasteiger partial charge in [-0.05, 0) is 18.8 Å². The summed E-state index contributed by atoms with van der Waals surface area (Å²) in [5.74, 6) is -1.14. The third-order valence-electron chi connectivity index (χ3n) is 4.39. The molecule has 114 valence electrons. The largest absolute Gasteiger partial charge is 0.411 e. The highest BCUT2D eigenvalue weighted by Crippen LogP contribution is 2.54. The van der Waals surface area contributed by atoms with Gasteiger partial charge < -0.3 is 10.2 Å². The molecule has 0 aromatic heterocycles. The molecule has 2 unspecified atom stereocenters.